The van der Waals surface area contributed by atoms with Crippen molar-refractivity contribution in [1.29, 1.82) is 0 Å². The first-order valence-electron chi connectivity index (χ1n) is 10.2. The van der Waals surface area contributed by atoms with Gasteiger partial charge in [0.05, 0.1) is 29.4 Å². The highest BCUT2D eigenvalue weighted by atomic mass is 35.5. The van der Waals surface area contributed by atoms with Crippen LogP contribution in [-0.2, 0) is 22.3 Å². The molecule has 14 heteroatoms. The number of aryl methyl sites for hydroxylation is 2. The van der Waals surface area contributed by atoms with Crippen molar-refractivity contribution < 1.29 is 38.7 Å². The lowest BCUT2D eigenvalue weighted by atomic mass is 10.1. The summed E-state index contributed by atoms with van der Waals surface area (Å²) in [6.07, 6.45) is -1.56. The van der Waals surface area contributed by atoms with Crippen LogP contribution < -0.4 is 4.74 Å². The van der Waals surface area contributed by atoms with Crippen LogP contribution >= 0.6 is 21.8 Å². The highest BCUT2D eigenvalue weighted by Crippen LogP contribution is 3.02. The SMILES string of the molecule is O[C@@H]1CO[C@H]2[C@@H]1OC[C@H]2Oc1nc2nc(CCc3ccc(S(F)(F)(F)(F)F)cc3)c(Cl)cc2[nH]1. The Hall–Kier alpha value is -2.19. The minimum atomic E-state index is -9.70. The molecule has 0 saturated carbocycles. The topological polar surface area (TPSA) is 89.5 Å². The van der Waals surface area contributed by atoms with Crippen molar-refractivity contribution in [2.75, 3.05) is 13.2 Å². The third kappa shape index (κ3) is 4.67. The smallest absolute Gasteiger partial charge is 0.310 e. The third-order valence-electron chi connectivity index (χ3n) is 5.74. The lowest BCUT2D eigenvalue weighted by molar-refractivity contribution is 0.00706. The van der Waals surface area contributed by atoms with E-state index in [-0.39, 0.29) is 32.1 Å². The standard InChI is InChI=1S/C20H19ClF5N3O4S/c21-12-7-14-19(29-20(28-14)33-16-9-32-17-15(30)8-31-18(16)17)27-13(12)6-3-10-1-4-11(5-2-10)34(22,23,24,25)26/h1-2,4-5,7,15-18,30H,3,6,8-9H2,(H,27,28,29)/t15-,16-,17-,18-/m1/s1. The normalized spacial score (nSPS) is 26.9. The van der Waals surface area contributed by atoms with Crippen LogP contribution in [0.4, 0.5) is 19.4 Å². The van der Waals surface area contributed by atoms with E-state index in [1.807, 2.05) is 0 Å². The maximum Gasteiger partial charge on any atom is 0.310 e. The molecule has 2 N–H and O–H groups in total. The molecular formula is C20H19ClF5N3O4S. The second-order valence-corrected chi connectivity index (χ2v) is 11.1. The number of rotatable bonds is 6. The monoisotopic (exact) mass is 527 g/mol. The van der Waals surface area contributed by atoms with Crippen LogP contribution in [0.2, 0.25) is 5.02 Å². The zero-order valence-corrected chi connectivity index (χ0v) is 18.8. The number of ether oxygens (including phenoxy) is 3. The van der Waals surface area contributed by atoms with E-state index >= 15 is 0 Å². The number of benzene rings is 1. The summed E-state index contributed by atoms with van der Waals surface area (Å²) in [7, 11) is -9.70. The average molecular weight is 528 g/mol. The molecule has 4 atom stereocenters. The molecule has 2 fully saturated rings. The quantitative estimate of drug-likeness (QED) is 0.441. The van der Waals surface area contributed by atoms with Gasteiger partial charge < -0.3 is 24.3 Å². The zero-order valence-electron chi connectivity index (χ0n) is 17.3. The summed E-state index contributed by atoms with van der Waals surface area (Å²) < 4.78 is 81.2. The van der Waals surface area contributed by atoms with Gasteiger partial charge in [-0.05, 0) is 36.6 Å². The first kappa shape index (κ1) is 23.5. The number of pyridine rings is 1. The average Bonchev–Trinajstić information content (AvgIpc) is 3.42. The third-order valence-corrected chi connectivity index (χ3v) is 7.23. The molecule has 0 spiro atoms. The van der Waals surface area contributed by atoms with Crippen LogP contribution in [0.5, 0.6) is 6.01 Å². The molecule has 2 aliphatic rings. The van der Waals surface area contributed by atoms with Gasteiger partial charge in [-0.1, -0.05) is 43.2 Å². The van der Waals surface area contributed by atoms with E-state index in [4.69, 9.17) is 25.8 Å². The molecule has 0 aliphatic carbocycles. The van der Waals surface area contributed by atoms with Crippen LogP contribution in [0, 0.1) is 0 Å². The van der Waals surface area contributed by atoms with Gasteiger partial charge in [0.2, 0.25) is 0 Å². The van der Waals surface area contributed by atoms with Crippen LogP contribution in [-0.4, -0.2) is 57.7 Å². The van der Waals surface area contributed by atoms with E-state index in [1.165, 1.54) is 0 Å². The highest BCUT2D eigenvalue weighted by molar-refractivity contribution is 8.45. The molecule has 0 bridgehead atoms. The second-order valence-electron chi connectivity index (χ2n) is 8.26. The van der Waals surface area contributed by atoms with Gasteiger partial charge in [0.15, 0.2) is 11.8 Å². The number of hydrogen-bond acceptors (Lipinski definition) is 6. The van der Waals surface area contributed by atoms with Gasteiger partial charge >= 0.3 is 10.2 Å². The van der Waals surface area contributed by atoms with Gasteiger partial charge in [0.25, 0.3) is 6.01 Å². The minimum Gasteiger partial charge on any atom is -0.456 e. The summed E-state index contributed by atoms with van der Waals surface area (Å²) in [5.74, 6) is 0. The van der Waals surface area contributed by atoms with E-state index in [0.717, 1.165) is 12.1 Å². The summed E-state index contributed by atoms with van der Waals surface area (Å²) in [6.45, 7) is 0.391. The molecule has 2 aliphatic heterocycles. The largest absolute Gasteiger partial charge is 0.456 e. The maximum atomic E-state index is 12.9. The number of aliphatic hydroxyl groups excluding tert-OH is 1. The molecule has 186 valence electrons. The van der Waals surface area contributed by atoms with E-state index in [9.17, 15) is 24.5 Å². The minimum absolute atomic E-state index is 0.165. The van der Waals surface area contributed by atoms with E-state index in [2.05, 4.69) is 15.0 Å². The number of H-pyrrole nitrogens is 1. The van der Waals surface area contributed by atoms with Crippen molar-refractivity contribution in [1.82, 2.24) is 15.0 Å². The van der Waals surface area contributed by atoms with Gasteiger partial charge in [-0.25, -0.2) is 4.98 Å². The number of fused-ring (bicyclic) bond motifs is 2. The van der Waals surface area contributed by atoms with Crippen LogP contribution in [0.15, 0.2) is 35.2 Å². The molecule has 0 amide bonds. The predicted octanol–water partition coefficient (Wildman–Crippen LogP) is 4.96. The Morgan fingerprint density at radius 1 is 1.03 bits per heavy atom. The van der Waals surface area contributed by atoms with Crippen LogP contribution in [0.25, 0.3) is 11.2 Å². The molecule has 7 nitrogen and oxygen atoms in total. The number of aliphatic hydroxyl groups is 1. The first-order chi connectivity index (χ1) is 15.8. The summed E-state index contributed by atoms with van der Waals surface area (Å²) in [5.41, 5.74) is 1.68. The van der Waals surface area contributed by atoms with E-state index in [1.54, 1.807) is 6.07 Å². The number of nitrogens with zero attached hydrogens (tertiary/aromatic N) is 2. The Bertz CT molecular complexity index is 1240. The number of nitrogens with one attached hydrogen (secondary N) is 1. The van der Waals surface area contributed by atoms with Crippen molar-refractivity contribution in [3.8, 4) is 6.01 Å². The summed E-state index contributed by atoms with van der Waals surface area (Å²) in [5, 5.41) is 10.1. The maximum absolute atomic E-state index is 12.9. The molecule has 0 unspecified atom stereocenters. The van der Waals surface area contributed by atoms with Crippen molar-refractivity contribution in [3.63, 3.8) is 0 Å². The lowest BCUT2D eigenvalue weighted by Gasteiger charge is -2.40. The fourth-order valence-electron chi connectivity index (χ4n) is 4.03. The van der Waals surface area contributed by atoms with Crippen molar-refractivity contribution in [2.24, 2.45) is 0 Å². The van der Waals surface area contributed by atoms with E-state index in [0.29, 0.717) is 39.6 Å². The predicted molar refractivity (Wildman–Crippen MR) is 114 cm³/mol. The fourth-order valence-corrected chi connectivity index (χ4v) is 4.92. The van der Waals surface area contributed by atoms with Gasteiger partial charge in [0.1, 0.15) is 23.2 Å². The van der Waals surface area contributed by atoms with Crippen molar-refractivity contribution in [2.45, 2.75) is 42.2 Å². The number of aromatic nitrogens is 3. The zero-order chi connectivity index (χ0) is 24.4. The van der Waals surface area contributed by atoms with Crippen LogP contribution in [0.1, 0.15) is 11.3 Å². The van der Waals surface area contributed by atoms with Crippen LogP contribution in [0.3, 0.4) is 0 Å². The lowest BCUT2D eigenvalue weighted by Crippen LogP contribution is -2.34. The van der Waals surface area contributed by atoms with Crippen molar-refractivity contribution >= 4 is 33.0 Å². The van der Waals surface area contributed by atoms with Gasteiger partial charge in [-0.2, -0.15) is 4.98 Å². The Balaban J connectivity index is 1.28. The molecule has 5 rings (SSSR count). The van der Waals surface area contributed by atoms with Gasteiger partial charge in [-0.15, -0.1) is 0 Å². The summed E-state index contributed by atoms with van der Waals surface area (Å²) >= 11 is 6.30. The molecular weight excluding hydrogens is 509 g/mol. The molecule has 1 aromatic carbocycles. The first-order valence-corrected chi connectivity index (χ1v) is 12.6. The highest BCUT2D eigenvalue weighted by Gasteiger charge is 2.65. The summed E-state index contributed by atoms with van der Waals surface area (Å²) in [6, 6.07) is 4.56. The number of aromatic amines is 1. The van der Waals surface area contributed by atoms with Gasteiger partial charge in [-0.3, -0.25) is 0 Å². The second kappa shape index (κ2) is 7.40. The Morgan fingerprint density at radius 3 is 2.44 bits per heavy atom. The molecule has 4 heterocycles. The number of halogens is 6. The molecule has 0 radical (unpaired) electrons. The Morgan fingerprint density at radius 2 is 1.74 bits per heavy atom. The molecule has 2 aromatic heterocycles. The fraction of sp³-hybridized carbons (Fsp3) is 0.400. The molecule has 2 saturated heterocycles. The van der Waals surface area contributed by atoms with E-state index < -0.39 is 39.5 Å². The molecule has 34 heavy (non-hydrogen) atoms. The number of hydrogen-bond donors (Lipinski definition) is 2. The Kier molecular flexibility index (Phi) is 5.13. The molecule has 3 aromatic rings. The van der Waals surface area contributed by atoms with Crippen molar-refractivity contribution in [3.05, 3.63) is 46.6 Å². The summed E-state index contributed by atoms with van der Waals surface area (Å²) in [4.78, 5) is 9.71. The Labute approximate surface area is 194 Å². The number of imidazole rings is 1. The van der Waals surface area contributed by atoms with Gasteiger partial charge in [0, 0.05) is 0 Å².